The molecule has 0 aliphatic heterocycles. The van der Waals surface area contributed by atoms with Crippen LogP contribution in [0.1, 0.15) is 24.6 Å². The summed E-state index contributed by atoms with van der Waals surface area (Å²) in [6.07, 6.45) is 1.98. The smallest absolute Gasteiger partial charge is 0.219 e. The molecule has 0 amide bonds. The van der Waals surface area contributed by atoms with E-state index < -0.39 is 0 Å². The number of alkyl halides is 1. The van der Waals surface area contributed by atoms with Crippen molar-refractivity contribution < 1.29 is 4.74 Å². The third kappa shape index (κ3) is 4.22. The molecule has 0 aliphatic carbocycles. The van der Waals surface area contributed by atoms with Crippen LogP contribution in [0, 0.1) is 0 Å². The van der Waals surface area contributed by atoms with Crippen molar-refractivity contribution in [1.82, 2.24) is 4.98 Å². The van der Waals surface area contributed by atoms with Crippen LogP contribution in [-0.2, 0) is 12.3 Å². The lowest BCUT2D eigenvalue weighted by atomic mass is 10.2. The van der Waals surface area contributed by atoms with Gasteiger partial charge in [-0.15, -0.1) is 11.6 Å². The minimum absolute atomic E-state index is 0.466. The van der Waals surface area contributed by atoms with Crippen molar-refractivity contribution in [3.05, 3.63) is 52.1 Å². The molecular formula is C15H15BrClNO. The number of rotatable bonds is 5. The Labute approximate surface area is 126 Å². The number of halogens is 2. The van der Waals surface area contributed by atoms with Crippen molar-refractivity contribution in [2.24, 2.45) is 0 Å². The van der Waals surface area contributed by atoms with Gasteiger partial charge in [0.05, 0.1) is 0 Å². The molecule has 0 atom stereocenters. The Kier molecular flexibility index (Phi) is 5.23. The number of pyridine rings is 1. The van der Waals surface area contributed by atoms with Crippen LogP contribution < -0.4 is 4.74 Å². The molecular weight excluding hydrogens is 326 g/mol. The molecule has 2 aromatic rings. The van der Waals surface area contributed by atoms with Crippen LogP contribution in [0.15, 0.2) is 40.9 Å². The molecule has 0 saturated heterocycles. The number of aryl methyl sites for hydroxylation is 1. The number of benzene rings is 1. The summed E-state index contributed by atoms with van der Waals surface area (Å²) < 4.78 is 6.77. The minimum Gasteiger partial charge on any atom is -0.439 e. The lowest BCUT2D eigenvalue weighted by Crippen LogP contribution is -1.96. The second-order valence-electron chi connectivity index (χ2n) is 4.25. The maximum Gasteiger partial charge on any atom is 0.219 e. The van der Waals surface area contributed by atoms with Crippen LogP contribution in [-0.4, -0.2) is 4.98 Å². The zero-order valence-electron chi connectivity index (χ0n) is 10.7. The van der Waals surface area contributed by atoms with Crippen LogP contribution >= 0.6 is 27.5 Å². The molecule has 0 fully saturated rings. The minimum atomic E-state index is 0.466. The molecule has 0 unspecified atom stereocenters. The second-order valence-corrected chi connectivity index (χ2v) is 5.43. The third-order valence-electron chi connectivity index (χ3n) is 2.59. The van der Waals surface area contributed by atoms with E-state index >= 15 is 0 Å². The molecule has 2 nitrogen and oxygen atoms in total. The largest absolute Gasteiger partial charge is 0.439 e. The van der Waals surface area contributed by atoms with E-state index in [4.69, 9.17) is 16.3 Å². The molecule has 1 aromatic heterocycles. The summed E-state index contributed by atoms with van der Waals surface area (Å²) in [6.45, 7) is 2.13. The topological polar surface area (TPSA) is 22.1 Å². The Bertz CT molecular complexity index is 560. The van der Waals surface area contributed by atoms with E-state index in [9.17, 15) is 0 Å². The monoisotopic (exact) mass is 339 g/mol. The molecule has 0 spiro atoms. The Morgan fingerprint density at radius 2 is 2.11 bits per heavy atom. The van der Waals surface area contributed by atoms with Gasteiger partial charge in [-0.2, -0.15) is 0 Å². The Morgan fingerprint density at radius 3 is 2.79 bits per heavy atom. The standard InChI is InChI=1S/C15H15BrClNO/c1-2-4-13-7-11(10-17)8-15(18-13)19-14-6-3-5-12(16)9-14/h3,5-9H,2,4,10H2,1H3. The van der Waals surface area contributed by atoms with Gasteiger partial charge in [0.15, 0.2) is 0 Å². The fraction of sp³-hybridized carbons (Fsp3) is 0.267. The second kappa shape index (κ2) is 6.92. The number of hydrogen-bond donors (Lipinski definition) is 0. The molecule has 4 heteroatoms. The number of ether oxygens (including phenoxy) is 1. The van der Waals surface area contributed by atoms with Gasteiger partial charge in [-0.25, -0.2) is 4.98 Å². The van der Waals surface area contributed by atoms with Gasteiger partial charge < -0.3 is 4.74 Å². The molecule has 1 aromatic carbocycles. The van der Waals surface area contributed by atoms with Crippen LogP contribution in [0.2, 0.25) is 0 Å². The average Bonchev–Trinajstić information content (AvgIpc) is 2.39. The van der Waals surface area contributed by atoms with E-state index in [-0.39, 0.29) is 0 Å². The summed E-state index contributed by atoms with van der Waals surface area (Å²) in [5.41, 5.74) is 2.05. The lowest BCUT2D eigenvalue weighted by Gasteiger charge is -2.09. The molecule has 19 heavy (non-hydrogen) atoms. The van der Waals surface area contributed by atoms with Crippen molar-refractivity contribution in [3.63, 3.8) is 0 Å². The van der Waals surface area contributed by atoms with Crippen molar-refractivity contribution in [2.45, 2.75) is 25.6 Å². The van der Waals surface area contributed by atoms with Crippen LogP contribution in [0.3, 0.4) is 0 Å². The fourth-order valence-corrected chi connectivity index (χ4v) is 2.32. The summed E-state index contributed by atoms with van der Waals surface area (Å²) in [5.74, 6) is 1.82. The highest BCUT2D eigenvalue weighted by Gasteiger charge is 2.05. The quantitative estimate of drug-likeness (QED) is 0.686. The van der Waals surface area contributed by atoms with E-state index in [0.29, 0.717) is 11.8 Å². The summed E-state index contributed by atoms with van der Waals surface area (Å²) in [5, 5.41) is 0. The highest BCUT2D eigenvalue weighted by molar-refractivity contribution is 9.10. The van der Waals surface area contributed by atoms with E-state index in [2.05, 4.69) is 27.8 Å². The maximum absolute atomic E-state index is 5.91. The summed E-state index contributed by atoms with van der Waals surface area (Å²) in [6, 6.07) is 11.6. The van der Waals surface area contributed by atoms with Gasteiger partial charge in [-0.3, -0.25) is 0 Å². The average molecular weight is 341 g/mol. The van der Waals surface area contributed by atoms with Crippen molar-refractivity contribution >= 4 is 27.5 Å². The predicted molar refractivity (Wildman–Crippen MR) is 82.0 cm³/mol. The first-order valence-corrected chi connectivity index (χ1v) is 7.53. The molecule has 0 radical (unpaired) electrons. The molecule has 0 N–H and O–H groups in total. The molecule has 0 bridgehead atoms. The Balaban J connectivity index is 2.26. The zero-order valence-corrected chi connectivity index (χ0v) is 13.0. The van der Waals surface area contributed by atoms with Crippen molar-refractivity contribution in [2.75, 3.05) is 0 Å². The highest BCUT2D eigenvalue weighted by atomic mass is 79.9. The first kappa shape index (κ1) is 14.4. The molecule has 1 heterocycles. The van der Waals surface area contributed by atoms with Crippen molar-refractivity contribution in [3.8, 4) is 11.6 Å². The van der Waals surface area contributed by atoms with E-state index in [1.807, 2.05) is 36.4 Å². The van der Waals surface area contributed by atoms with Gasteiger partial charge in [0.1, 0.15) is 5.75 Å². The Hall–Kier alpha value is -1.06. The number of aromatic nitrogens is 1. The zero-order chi connectivity index (χ0) is 13.7. The van der Waals surface area contributed by atoms with Gasteiger partial charge in [0, 0.05) is 22.1 Å². The van der Waals surface area contributed by atoms with E-state index in [1.54, 1.807) is 0 Å². The van der Waals surface area contributed by atoms with Gasteiger partial charge in [0.2, 0.25) is 5.88 Å². The summed E-state index contributed by atoms with van der Waals surface area (Å²) in [4.78, 5) is 4.50. The SMILES string of the molecule is CCCc1cc(CCl)cc(Oc2cccc(Br)c2)n1. The van der Waals surface area contributed by atoms with Crippen LogP contribution in [0.5, 0.6) is 11.6 Å². The van der Waals surface area contributed by atoms with Gasteiger partial charge >= 0.3 is 0 Å². The highest BCUT2D eigenvalue weighted by Crippen LogP contribution is 2.24. The lowest BCUT2D eigenvalue weighted by molar-refractivity contribution is 0.459. The van der Waals surface area contributed by atoms with E-state index in [0.717, 1.165) is 34.3 Å². The van der Waals surface area contributed by atoms with Crippen molar-refractivity contribution in [1.29, 1.82) is 0 Å². The van der Waals surface area contributed by atoms with E-state index in [1.165, 1.54) is 0 Å². The van der Waals surface area contributed by atoms with Gasteiger partial charge in [-0.05, 0) is 36.2 Å². The molecule has 2 rings (SSSR count). The van der Waals surface area contributed by atoms with Crippen LogP contribution in [0.4, 0.5) is 0 Å². The Morgan fingerprint density at radius 1 is 1.26 bits per heavy atom. The molecule has 0 saturated carbocycles. The van der Waals surface area contributed by atoms with Crippen LogP contribution in [0.25, 0.3) is 0 Å². The number of hydrogen-bond acceptors (Lipinski definition) is 2. The predicted octanol–water partition coefficient (Wildman–Crippen LogP) is 5.33. The molecule has 100 valence electrons. The summed E-state index contributed by atoms with van der Waals surface area (Å²) in [7, 11) is 0. The first-order chi connectivity index (χ1) is 9.21. The molecule has 0 aliphatic rings. The maximum atomic E-state index is 5.91. The first-order valence-electron chi connectivity index (χ1n) is 6.20. The van der Waals surface area contributed by atoms with Gasteiger partial charge in [-0.1, -0.05) is 35.3 Å². The fourth-order valence-electron chi connectivity index (χ4n) is 1.79. The summed E-state index contributed by atoms with van der Waals surface area (Å²) >= 11 is 9.33. The number of nitrogens with zero attached hydrogens (tertiary/aromatic N) is 1. The third-order valence-corrected chi connectivity index (χ3v) is 3.40. The normalized spacial score (nSPS) is 10.5. The van der Waals surface area contributed by atoms with Gasteiger partial charge in [0.25, 0.3) is 0 Å².